The number of furan rings is 1. The van der Waals surface area contributed by atoms with E-state index in [-0.39, 0.29) is 18.9 Å². The van der Waals surface area contributed by atoms with Crippen molar-refractivity contribution in [2.45, 2.75) is 25.4 Å². The molecule has 0 aliphatic rings. The van der Waals surface area contributed by atoms with Crippen molar-refractivity contribution in [3.05, 3.63) is 46.9 Å². The maximum absolute atomic E-state index is 11.9. The average Bonchev–Trinajstić information content (AvgIpc) is 3.32. The van der Waals surface area contributed by atoms with Crippen LogP contribution in [0.1, 0.15) is 25.0 Å². The molecule has 126 valence electrons. The van der Waals surface area contributed by atoms with Crippen LogP contribution in [0.5, 0.6) is 0 Å². The van der Waals surface area contributed by atoms with Crippen LogP contribution in [0.2, 0.25) is 0 Å². The summed E-state index contributed by atoms with van der Waals surface area (Å²) >= 11 is 1.55. The molecule has 0 aromatic carbocycles. The van der Waals surface area contributed by atoms with Crippen LogP contribution in [0.3, 0.4) is 0 Å². The van der Waals surface area contributed by atoms with Crippen LogP contribution in [-0.2, 0) is 16.8 Å². The van der Waals surface area contributed by atoms with Crippen molar-refractivity contribution >= 4 is 17.2 Å². The van der Waals surface area contributed by atoms with Crippen molar-refractivity contribution in [2.24, 2.45) is 0 Å². The van der Waals surface area contributed by atoms with Crippen LogP contribution >= 0.6 is 11.3 Å². The molecular formula is C16H17N3O4S. The first-order valence-electron chi connectivity index (χ1n) is 7.42. The highest BCUT2D eigenvalue weighted by Crippen LogP contribution is 2.21. The fourth-order valence-corrected chi connectivity index (χ4v) is 2.74. The third-order valence-corrected chi connectivity index (χ3v) is 4.17. The van der Waals surface area contributed by atoms with Gasteiger partial charge in [0.25, 0.3) is 0 Å². The van der Waals surface area contributed by atoms with Gasteiger partial charge in [-0.15, -0.1) is 10.2 Å². The number of nitrogens with one attached hydrogen (secondary N) is 1. The summed E-state index contributed by atoms with van der Waals surface area (Å²) in [5.41, 5.74) is -0.381. The molecule has 1 amide bonds. The highest BCUT2D eigenvalue weighted by molar-refractivity contribution is 7.08. The molecule has 3 heterocycles. The number of hydrogen-bond donors (Lipinski definition) is 2. The first-order chi connectivity index (χ1) is 11.5. The standard InChI is InChI=1S/C16H17N3O4S/c1-16(21,12-3-2-7-22-12)10-17-13(20)4-5-14-18-19-15(23-14)11-6-8-24-9-11/h2-3,6-9,21H,4-5,10H2,1H3,(H,17,20). The number of hydrogen-bond acceptors (Lipinski definition) is 7. The lowest BCUT2D eigenvalue weighted by atomic mass is 10.0. The summed E-state index contributed by atoms with van der Waals surface area (Å²) in [6.45, 7) is 1.64. The SMILES string of the molecule is CC(O)(CNC(=O)CCc1nnc(-c2ccsc2)o1)c1ccco1. The molecule has 3 aromatic heterocycles. The van der Waals surface area contributed by atoms with Crippen LogP contribution < -0.4 is 5.32 Å². The Bertz CT molecular complexity index is 778. The van der Waals surface area contributed by atoms with Gasteiger partial charge in [-0.2, -0.15) is 11.3 Å². The molecule has 0 fully saturated rings. The monoisotopic (exact) mass is 347 g/mol. The minimum Gasteiger partial charge on any atom is -0.466 e. The lowest BCUT2D eigenvalue weighted by Crippen LogP contribution is -2.38. The minimum absolute atomic E-state index is 0.0589. The molecule has 0 radical (unpaired) electrons. The predicted octanol–water partition coefficient (Wildman–Crippen LogP) is 2.35. The van der Waals surface area contributed by atoms with Gasteiger partial charge < -0.3 is 19.3 Å². The van der Waals surface area contributed by atoms with Crippen molar-refractivity contribution in [1.82, 2.24) is 15.5 Å². The van der Waals surface area contributed by atoms with Crippen molar-refractivity contribution < 1.29 is 18.7 Å². The summed E-state index contributed by atoms with van der Waals surface area (Å²) in [7, 11) is 0. The van der Waals surface area contributed by atoms with E-state index in [0.717, 1.165) is 5.56 Å². The Balaban J connectivity index is 1.48. The largest absolute Gasteiger partial charge is 0.466 e. The molecule has 7 nitrogen and oxygen atoms in total. The van der Waals surface area contributed by atoms with Gasteiger partial charge in [-0.05, 0) is 30.5 Å². The minimum atomic E-state index is -1.25. The van der Waals surface area contributed by atoms with Gasteiger partial charge in [-0.25, -0.2) is 0 Å². The Morgan fingerprint density at radius 2 is 2.29 bits per heavy atom. The van der Waals surface area contributed by atoms with Crippen LogP contribution in [0.15, 0.2) is 44.1 Å². The van der Waals surface area contributed by atoms with E-state index in [1.807, 2.05) is 16.8 Å². The molecule has 3 aromatic rings. The van der Waals surface area contributed by atoms with Crippen LogP contribution in [-0.4, -0.2) is 27.8 Å². The lowest BCUT2D eigenvalue weighted by Gasteiger charge is -2.21. The fourth-order valence-electron chi connectivity index (χ4n) is 2.11. The second-order valence-electron chi connectivity index (χ2n) is 5.54. The smallest absolute Gasteiger partial charge is 0.248 e. The van der Waals surface area contributed by atoms with Gasteiger partial charge in [0, 0.05) is 23.8 Å². The van der Waals surface area contributed by atoms with E-state index >= 15 is 0 Å². The Morgan fingerprint density at radius 1 is 1.42 bits per heavy atom. The number of nitrogens with zero attached hydrogens (tertiary/aromatic N) is 2. The number of rotatable bonds is 7. The molecule has 2 N–H and O–H groups in total. The zero-order valence-corrected chi connectivity index (χ0v) is 13.9. The van der Waals surface area contributed by atoms with E-state index < -0.39 is 5.60 Å². The summed E-state index contributed by atoms with van der Waals surface area (Å²) in [5, 5.41) is 24.7. The number of aromatic nitrogens is 2. The third kappa shape index (κ3) is 3.90. The maximum Gasteiger partial charge on any atom is 0.248 e. The summed E-state index contributed by atoms with van der Waals surface area (Å²) in [4.78, 5) is 11.9. The molecule has 0 bridgehead atoms. The summed E-state index contributed by atoms with van der Waals surface area (Å²) in [6, 6.07) is 5.24. The van der Waals surface area contributed by atoms with E-state index in [4.69, 9.17) is 8.83 Å². The number of carbonyl (C=O) groups is 1. The Morgan fingerprint density at radius 3 is 3.00 bits per heavy atom. The Hall–Kier alpha value is -2.45. The van der Waals surface area contributed by atoms with E-state index in [1.54, 1.807) is 30.4 Å². The van der Waals surface area contributed by atoms with Crippen molar-refractivity contribution in [3.63, 3.8) is 0 Å². The van der Waals surface area contributed by atoms with Crippen LogP contribution in [0.4, 0.5) is 0 Å². The van der Waals surface area contributed by atoms with Crippen molar-refractivity contribution in [1.29, 1.82) is 0 Å². The third-order valence-electron chi connectivity index (χ3n) is 3.48. The average molecular weight is 347 g/mol. The molecule has 8 heteroatoms. The Labute approximate surface area is 142 Å². The fraction of sp³-hybridized carbons (Fsp3) is 0.312. The highest BCUT2D eigenvalue weighted by atomic mass is 32.1. The summed E-state index contributed by atoms with van der Waals surface area (Å²) in [6.07, 6.45) is 2.01. The molecule has 0 aliphatic heterocycles. The number of aryl methyl sites for hydroxylation is 1. The van der Waals surface area contributed by atoms with Gasteiger partial charge >= 0.3 is 0 Å². The van der Waals surface area contributed by atoms with Crippen molar-refractivity contribution in [2.75, 3.05) is 6.54 Å². The molecule has 0 saturated carbocycles. The first kappa shape index (κ1) is 16.4. The zero-order valence-electron chi connectivity index (χ0n) is 13.1. The van der Waals surface area contributed by atoms with E-state index in [0.29, 0.717) is 24.0 Å². The van der Waals surface area contributed by atoms with Gasteiger partial charge in [0.05, 0.1) is 12.8 Å². The molecule has 24 heavy (non-hydrogen) atoms. The summed E-state index contributed by atoms with van der Waals surface area (Å²) < 4.78 is 10.7. The van der Waals surface area contributed by atoms with Gasteiger partial charge in [-0.1, -0.05) is 0 Å². The van der Waals surface area contributed by atoms with E-state index in [1.165, 1.54) is 6.26 Å². The second kappa shape index (κ2) is 6.98. The molecule has 1 atom stereocenters. The number of thiophene rings is 1. The number of carbonyl (C=O) groups excluding carboxylic acids is 1. The molecular weight excluding hydrogens is 330 g/mol. The van der Waals surface area contributed by atoms with Gasteiger partial charge in [0.2, 0.25) is 17.7 Å². The first-order valence-corrected chi connectivity index (χ1v) is 8.37. The Kier molecular flexibility index (Phi) is 4.77. The quantitative estimate of drug-likeness (QED) is 0.680. The summed E-state index contributed by atoms with van der Waals surface area (Å²) in [5.74, 6) is 1.05. The van der Waals surface area contributed by atoms with Gasteiger partial charge in [-0.3, -0.25) is 4.79 Å². The molecule has 0 spiro atoms. The highest BCUT2D eigenvalue weighted by Gasteiger charge is 2.26. The number of aliphatic hydroxyl groups is 1. The van der Waals surface area contributed by atoms with Crippen LogP contribution in [0.25, 0.3) is 11.5 Å². The second-order valence-corrected chi connectivity index (χ2v) is 6.32. The lowest BCUT2D eigenvalue weighted by molar-refractivity contribution is -0.122. The normalized spacial score (nSPS) is 13.6. The molecule has 1 unspecified atom stereocenters. The van der Waals surface area contributed by atoms with Crippen molar-refractivity contribution in [3.8, 4) is 11.5 Å². The topological polar surface area (TPSA) is 101 Å². The van der Waals surface area contributed by atoms with Gasteiger partial charge in [0.15, 0.2) is 0 Å². The van der Waals surface area contributed by atoms with Crippen LogP contribution in [0, 0.1) is 0 Å². The predicted molar refractivity (Wildman–Crippen MR) is 87.2 cm³/mol. The van der Waals surface area contributed by atoms with E-state index in [9.17, 15) is 9.90 Å². The molecule has 0 aliphatic carbocycles. The van der Waals surface area contributed by atoms with Gasteiger partial charge in [0.1, 0.15) is 11.4 Å². The zero-order chi connectivity index (χ0) is 17.0. The molecule has 0 saturated heterocycles. The van der Waals surface area contributed by atoms with E-state index in [2.05, 4.69) is 15.5 Å². The number of amides is 1. The molecule has 3 rings (SSSR count). The maximum atomic E-state index is 11.9.